The lowest BCUT2D eigenvalue weighted by Gasteiger charge is -2.27. The number of nitrogens with two attached hydrogens (primary N) is 1. The Bertz CT molecular complexity index is 1820. The van der Waals surface area contributed by atoms with Crippen LogP contribution < -0.4 is 17.0 Å². The fourth-order valence-corrected chi connectivity index (χ4v) is 7.65. The van der Waals surface area contributed by atoms with Crippen LogP contribution in [0.5, 0.6) is 0 Å². The summed E-state index contributed by atoms with van der Waals surface area (Å²) in [5.74, 6) is -2.79. The first-order chi connectivity index (χ1) is 21.0. The van der Waals surface area contributed by atoms with Gasteiger partial charge in [0.25, 0.3) is 5.56 Å². The largest absolute Gasteiger partial charge is 0.491 e. The molecule has 0 radical (unpaired) electrons. The Kier molecular flexibility index (Phi) is 10.6. The maximum Gasteiger partial charge on any atom is 0.491 e. The van der Waals surface area contributed by atoms with Gasteiger partial charge in [-0.15, -0.1) is 0 Å². The predicted octanol–water partition coefficient (Wildman–Crippen LogP) is 4.20. The summed E-state index contributed by atoms with van der Waals surface area (Å²) in [5, 5.41) is 0.339. The minimum atomic E-state index is -5.33. The van der Waals surface area contributed by atoms with Gasteiger partial charge >= 0.3 is 17.8 Å². The quantitative estimate of drug-likeness (QED) is 0.244. The highest BCUT2D eigenvalue weighted by atomic mass is 35.5. The number of esters is 1. The van der Waals surface area contributed by atoms with Crippen LogP contribution in [-0.2, 0) is 33.0 Å². The molecule has 4 rings (SSSR count). The number of fused-ring (bicyclic) bond motifs is 1. The maximum absolute atomic E-state index is 14.0. The Labute approximate surface area is 266 Å². The summed E-state index contributed by atoms with van der Waals surface area (Å²) in [6.45, 7) is 3.11. The third-order valence-electron chi connectivity index (χ3n) is 7.49. The number of hydrogen-bond acceptors (Lipinski definition) is 9. The van der Waals surface area contributed by atoms with Crippen LogP contribution in [0.2, 0.25) is 5.02 Å². The van der Waals surface area contributed by atoms with Crippen molar-refractivity contribution in [1.29, 1.82) is 0 Å². The van der Waals surface area contributed by atoms with Gasteiger partial charge in [0, 0.05) is 23.9 Å². The number of sulfone groups is 1. The molecule has 1 aliphatic rings. The van der Waals surface area contributed by atoms with Gasteiger partial charge in [0.05, 0.1) is 10.6 Å². The summed E-state index contributed by atoms with van der Waals surface area (Å²) >= 11 is 7.06. The molecule has 2 heterocycles. The number of hydrogen-bond donors (Lipinski definition) is 1. The van der Waals surface area contributed by atoms with E-state index in [1.54, 1.807) is 13.8 Å². The maximum atomic E-state index is 14.0. The molecular formula is C28H33ClF3N5O6S2. The molecule has 0 aliphatic heterocycles. The molecule has 0 spiro atoms. The van der Waals surface area contributed by atoms with Crippen molar-refractivity contribution in [1.82, 2.24) is 18.7 Å². The van der Waals surface area contributed by atoms with Crippen LogP contribution in [0.4, 0.5) is 13.2 Å². The van der Waals surface area contributed by atoms with E-state index in [4.69, 9.17) is 22.1 Å². The van der Waals surface area contributed by atoms with Crippen LogP contribution in [0.3, 0.4) is 0 Å². The van der Waals surface area contributed by atoms with Gasteiger partial charge in [0.2, 0.25) is 6.23 Å². The Morgan fingerprint density at radius 1 is 1.18 bits per heavy atom. The Morgan fingerprint density at radius 2 is 1.80 bits per heavy atom. The van der Waals surface area contributed by atoms with Gasteiger partial charge in [-0.25, -0.2) is 23.0 Å². The van der Waals surface area contributed by atoms with Crippen LogP contribution in [-0.4, -0.2) is 56.8 Å². The number of rotatable bonds is 10. The summed E-state index contributed by atoms with van der Waals surface area (Å²) in [5.41, 5.74) is 3.92. The minimum Gasteiger partial charge on any atom is -0.431 e. The van der Waals surface area contributed by atoms with Crippen molar-refractivity contribution < 1.29 is 31.1 Å². The second-order valence-electron chi connectivity index (χ2n) is 11.0. The average Bonchev–Trinajstić information content (AvgIpc) is 3.34. The van der Waals surface area contributed by atoms with Crippen LogP contribution in [0.15, 0.2) is 55.6 Å². The van der Waals surface area contributed by atoms with Crippen LogP contribution in [0, 0.1) is 5.92 Å². The number of benzene rings is 1. The molecule has 0 bridgehead atoms. The minimum absolute atomic E-state index is 0.0437. The number of halogens is 4. The predicted molar refractivity (Wildman–Crippen MR) is 164 cm³/mol. The van der Waals surface area contributed by atoms with E-state index in [1.807, 2.05) is 0 Å². The number of ether oxygens (including phenoxy) is 1. The molecule has 1 aromatic carbocycles. The number of aryl methyl sites for hydroxylation is 1. The number of carbonyl (C=O) groups is 1. The topological polar surface area (TPSA) is 148 Å². The van der Waals surface area contributed by atoms with Crippen molar-refractivity contribution in [3.8, 4) is 0 Å². The summed E-state index contributed by atoms with van der Waals surface area (Å²) in [4.78, 5) is 43.8. The third kappa shape index (κ3) is 7.84. The zero-order valence-electron chi connectivity index (χ0n) is 24.7. The lowest BCUT2D eigenvalue weighted by molar-refractivity contribution is -0.206. The first kappa shape index (κ1) is 34.8. The van der Waals surface area contributed by atoms with Crippen molar-refractivity contribution >= 4 is 50.3 Å². The summed E-state index contributed by atoms with van der Waals surface area (Å²) in [6, 6.07) is 5.36. The molecule has 17 heteroatoms. The molecule has 1 fully saturated rings. The highest BCUT2D eigenvalue weighted by Crippen LogP contribution is 2.38. The van der Waals surface area contributed by atoms with Crippen molar-refractivity contribution in [2.75, 3.05) is 12.3 Å². The second-order valence-corrected chi connectivity index (χ2v) is 14.9. The summed E-state index contributed by atoms with van der Waals surface area (Å²) in [7, 11) is -2.67. The molecule has 1 unspecified atom stereocenters. The van der Waals surface area contributed by atoms with E-state index in [2.05, 4.69) is 4.98 Å². The van der Waals surface area contributed by atoms with E-state index in [0.717, 1.165) is 34.8 Å². The van der Waals surface area contributed by atoms with Gasteiger partial charge in [-0.1, -0.05) is 28.9 Å². The highest BCUT2D eigenvalue weighted by Gasteiger charge is 2.43. The molecular weight excluding hydrogens is 659 g/mol. The molecule has 2 N–H and O–H groups in total. The molecule has 0 amide bonds. The van der Waals surface area contributed by atoms with Gasteiger partial charge in [0.1, 0.15) is 0 Å². The van der Waals surface area contributed by atoms with Crippen molar-refractivity contribution in [3.63, 3.8) is 0 Å². The van der Waals surface area contributed by atoms with Crippen LogP contribution in [0.1, 0.15) is 45.8 Å². The summed E-state index contributed by atoms with van der Waals surface area (Å²) < 4.78 is 73.8. The molecule has 1 atom stereocenters. The number of imidazole rings is 1. The standard InChI is InChI=1S/C28H33ClF3N5O6S2/c1-16(2)14-21(43-25(39)28(30,31)32)37-22-23(34-26(37)44-19-8-4-17(15-33)5-9-19)35(3)27(40)36(24(22)38)12-13-45(41,42)20-10-6-18(29)7-11-20/h6-7,10-11,14,17,19,21H,4-5,8-9,12-13,15,33H2,1-3H3. The fourth-order valence-electron chi connectivity index (χ4n) is 5.06. The van der Waals surface area contributed by atoms with E-state index in [9.17, 15) is 36.0 Å². The average molecular weight is 692 g/mol. The number of allylic oxidation sites excluding steroid dienone is 1. The number of thioether (sulfide) groups is 1. The van der Waals surface area contributed by atoms with Crippen molar-refractivity contribution in [3.05, 3.63) is 61.8 Å². The Morgan fingerprint density at radius 3 is 2.36 bits per heavy atom. The first-order valence-corrected chi connectivity index (χ1v) is 16.9. The van der Waals surface area contributed by atoms with Crippen molar-refractivity contribution in [2.45, 2.75) is 73.8 Å². The second kappa shape index (κ2) is 13.7. The molecule has 1 aliphatic carbocycles. The molecule has 1 saturated carbocycles. The Balaban J connectivity index is 1.87. The van der Waals surface area contributed by atoms with E-state index < -0.39 is 51.8 Å². The number of carbonyl (C=O) groups excluding carboxylic acids is 1. The van der Waals surface area contributed by atoms with Crippen LogP contribution >= 0.6 is 23.4 Å². The van der Waals surface area contributed by atoms with E-state index in [-0.39, 0.29) is 26.5 Å². The van der Waals surface area contributed by atoms with Gasteiger partial charge < -0.3 is 10.5 Å². The number of aromatic nitrogens is 4. The first-order valence-electron chi connectivity index (χ1n) is 14.0. The normalized spacial score (nSPS) is 18.1. The van der Waals surface area contributed by atoms with Gasteiger partial charge in [-0.3, -0.25) is 18.5 Å². The van der Waals surface area contributed by atoms with Gasteiger partial charge in [-0.2, -0.15) is 13.2 Å². The van der Waals surface area contributed by atoms with E-state index >= 15 is 0 Å². The Hall–Kier alpha value is -3.08. The number of alkyl halides is 3. The van der Waals surface area contributed by atoms with Gasteiger partial charge in [-0.05, 0) is 82.3 Å². The van der Waals surface area contributed by atoms with E-state index in [0.29, 0.717) is 27.6 Å². The van der Waals surface area contributed by atoms with Gasteiger partial charge in [0.15, 0.2) is 26.2 Å². The summed E-state index contributed by atoms with van der Waals surface area (Å²) in [6.07, 6.45) is -2.77. The lowest BCUT2D eigenvalue weighted by atomic mass is 9.89. The SMILES string of the molecule is CC(C)=CC(OC(=O)C(F)(F)F)n1c(SC2CCC(CN)CC2)nc2c1c(=O)n(CCS(=O)(=O)c1ccc(Cl)cc1)c(=O)n2C. The fraction of sp³-hybridized carbons (Fsp3) is 0.500. The molecule has 45 heavy (non-hydrogen) atoms. The number of nitrogens with zero attached hydrogens (tertiary/aromatic N) is 4. The lowest BCUT2D eigenvalue weighted by Crippen LogP contribution is -2.41. The van der Waals surface area contributed by atoms with E-state index in [1.165, 1.54) is 49.2 Å². The molecule has 246 valence electrons. The zero-order chi connectivity index (χ0) is 33.3. The van der Waals surface area contributed by atoms with Crippen LogP contribution in [0.25, 0.3) is 11.2 Å². The molecule has 0 saturated heterocycles. The van der Waals surface area contributed by atoms with Crippen molar-refractivity contribution in [2.24, 2.45) is 18.7 Å². The third-order valence-corrected chi connectivity index (χ3v) is 10.8. The smallest absolute Gasteiger partial charge is 0.431 e. The molecule has 11 nitrogen and oxygen atoms in total. The molecule has 2 aromatic heterocycles. The molecule has 3 aromatic rings. The highest BCUT2D eigenvalue weighted by molar-refractivity contribution is 7.99. The zero-order valence-corrected chi connectivity index (χ0v) is 27.1. The monoisotopic (exact) mass is 691 g/mol.